The van der Waals surface area contributed by atoms with E-state index in [1.807, 2.05) is 24.3 Å². The predicted molar refractivity (Wildman–Crippen MR) is 95.5 cm³/mol. The molecular weight excluding hydrogens is 342 g/mol. The Bertz CT molecular complexity index is 927. The molecule has 0 N–H and O–H groups in total. The zero-order valence-corrected chi connectivity index (χ0v) is 14.7. The molecule has 0 atom stereocenters. The Morgan fingerprint density at radius 2 is 1.80 bits per heavy atom. The van der Waals surface area contributed by atoms with E-state index in [-0.39, 0.29) is 17.0 Å². The van der Waals surface area contributed by atoms with Crippen molar-refractivity contribution in [2.45, 2.75) is 26.2 Å². The molecule has 0 aliphatic heterocycles. The van der Waals surface area contributed by atoms with Crippen LogP contribution in [0.5, 0.6) is 0 Å². The lowest BCUT2D eigenvalue weighted by atomic mass is 9.87. The van der Waals surface area contributed by atoms with Crippen LogP contribution < -0.4 is 0 Å². The minimum absolute atomic E-state index is 0.0530. The second-order valence-electron chi connectivity index (χ2n) is 6.67. The summed E-state index contributed by atoms with van der Waals surface area (Å²) >= 11 is 6.11. The monoisotopic (exact) mass is 357 g/mol. The van der Waals surface area contributed by atoms with E-state index < -0.39 is 4.92 Å². The molecule has 2 aromatic carbocycles. The topological polar surface area (TPSA) is 82.1 Å². The van der Waals surface area contributed by atoms with Gasteiger partial charge in [-0.05, 0) is 17.0 Å². The van der Waals surface area contributed by atoms with Crippen molar-refractivity contribution in [2.24, 2.45) is 0 Å². The van der Waals surface area contributed by atoms with E-state index in [4.69, 9.17) is 16.1 Å². The van der Waals surface area contributed by atoms with Gasteiger partial charge >= 0.3 is 0 Å². The summed E-state index contributed by atoms with van der Waals surface area (Å²) in [5.74, 6) is 0.543. The molecular formula is C18H16ClN3O3. The number of halogens is 1. The Morgan fingerprint density at radius 1 is 1.12 bits per heavy atom. The highest BCUT2D eigenvalue weighted by Gasteiger charge is 2.18. The third kappa shape index (κ3) is 3.53. The maximum atomic E-state index is 10.9. The fraction of sp³-hybridized carbons (Fsp3) is 0.222. The van der Waals surface area contributed by atoms with Gasteiger partial charge in [-0.3, -0.25) is 10.1 Å². The number of nitrogens with zero attached hydrogens (tertiary/aromatic N) is 3. The number of hydrogen-bond donors (Lipinski definition) is 0. The van der Waals surface area contributed by atoms with Gasteiger partial charge in [0.05, 0.1) is 15.5 Å². The first-order valence-electron chi connectivity index (χ1n) is 7.64. The zero-order valence-electron chi connectivity index (χ0n) is 14.0. The summed E-state index contributed by atoms with van der Waals surface area (Å²) in [6.45, 7) is 6.41. The van der Waals surface area contributed by atoms with Crippen molar-refractivity contribution in [3.05, 3.63) is 63.2 Å². The van der Waals surface area contributed by atoms with E-state index in [1.54, 1.807) is 0 Å². The van der Waals surface area contributed by atoms with Crippen LogP contribution in [0.25, 0.3) is 22.8 Å². The van der Waals surface area contributed by atoms with Gasteiger partial charge in [0.15, 0.2) is 0 Å². The molecule has 0 fully saturated rings. The van der Waals surface area contributed by atoms with Crippen molar-refractivity contribution < 1.29 is 9.45 Å². The van der Waals surface area contributed by atoms with E-state index in [9.17, 15) is 10.1 Å². The van der Waals surface area contributed by atoms with E-state index in [0.29, 0.717) is 16.4 Å². The standard InChI is InChI=1S/C18H16ClN3O3/c1-18(2,3)12-6-4-11(5-7-12)16-20-17(25-21-16)14-10-13(22(23)24)8-9-15(14)19/h4-10H,1-3H3. The highest BCUT2D eigenvalue weighted by Crippen LogP contribution is 2.32. The molecule has 6 nitrogen and oxygen atoms in total. The van der Waals surface area contributed by atoms with Gasteiger partial charge in [-0.25, -0.2) is 0 Å². The van der Waals surface area contributed by atoms with E-state index in [0.717, 1.165) is 5.56 Å². The first kappa shape index (κ1) is 17.1. The van der Waals surface area contributed by atoms with Crippen LogP contribution in [0.1, 0.15) is 26.3 Å². The maximum absolute atomic E-state index is 10.9. The van der Waals surface area contributed by atoms with Crippen LogP contribution >= 0.6 is 11.6 Å². The van der Waals surface area contributed by atoms with Gasteiger partial charge < -0.3 is 4.52 Å². The Hall–Kier alpha value is -2.73. The Kier molecular flexibility index (Phi) is 4.30. The number of aromatic nitrogens is 2. The molecule has 0 radical (unpaired) electrons. The summed E-state index contributed by atoms with van der Waals surface area (Å²) in [4.78, 5) is 14.8. The van der Waals surface area contributed by atoms with Gasteiger partial charge in [-0.1, -0.05) is 61.8 Å². The number of nitro groups is 1. The first-order valence-corrected chi connectivity index (χ1v) is 8.02. The smallest absolute Gasteiger partial charge is 0.270 e. The van der Waals surface area contributed by atoms with Crippen molar-refractivity contribution in [3.8, 4) is 22.8 Å². The number of non-ortho nitro benzene ring substituents is 1. The molecule has 3 rings (SSSR count). The molecule has 1 heterocycles. The summed E-state index contributed by atoms with van der Waals surface area (Å²) in [6.07, 6.45) is 0. The quantitative estimate of drug-likeness (QED) is 0.471. The molecule has 0 saturated carbocycles. The molecule has 0 aliphatic rings. The molecule has 128 valence electrons. The third-order valence-electron chi connectivity index (χ3n) is 3.83. The number of nitro benzene ring substituents is 1. The van der Waals surface area contributed by atoms with Crippen molar-refractivity contribution >= 4 is 17.3 Å². The molecule has 0 bridgehead atoms. The molecule has 25 heavy (non-hydrogen) atoms. The molecule has 0 aliphatic carbocycles. The number of benzene rings is 2. The lowest BCUT2D eigenvalue weighted by Crippen LogP contribution is -2.10. The van der Waals surface area contributed by atoms with Gasteiger partial charge in [0.2, 0.25) is 5.82 Å². The fourth-order valence-corrected chi connectivity index (χ4v) is 2.56. The lowest BCUT2D eigenvalue weighted by Gasteiger charge is -2.18. The Labute approximate surface area is 149 Å². The molecule has 0 unspecified atom stereocenters. The molecule has 1 aromatic heterocycles. The average Bonchev–Trinajstić information content (AvgIpc) is 3.04. The summed E-state index contributed by atoms with van der Waals surface area (Å²) < 4.78 is 5.25. The minimum atomic E-state index is -0.498. The summed E-state index contributed by atoms with van der Waals surface area (Å²) in [6, 6.07) is 12.0. The van der Waals surface area contributed by atoms with Crippen molar-refractivity contribution in [3.63, 3.8) is 0 Å². The zero-order chi connectivity index (χ0) is 18.2. The SMILES string of the molecule is CC(C)(C)c1ccc(-c2noc(-c3cc([N+](=O)[O-])ccc3Cl)n2)cc1. The summed E-state index contributed by atoms with van der Waals surface area (Å²) in [7, 11) is 0. The van der Waals surface area contributed by atoms with Crippen LogP contribution in [-0.2, 0) is 5.41 Å². The summed E-state index contributed by atoms with van der Waals surface area (Å²) in [5, 5.41) is 15.2. The van der Waals surface area contributed by atoms with Gasteiger partial charge in [0, 0.05) is 17.7 Å². The van der Waals surface area contributed by atoms with Crippen LogP contribution in [0.4, 0.5) is 5.69 Å². The minimum Gasteiger partial charge on any atom is -0.334 e. The molecule has 0 spiro atoms. The van der Waals surface area contributed by atoms with Gasteiger partial charge in [0.1, 0.15) is 0 Å². The number of rotatable bonds is 3. The van der Waals surface area contributed by atoms with Crippen LogP contribution in [0, 0.1) is 10.1 Å². The molecule has 0 saturated heterocycles. The predicted octanol–water partition coefficient (Wildman–Crippen LogP) is 5.26. The first-order chi connectivity index (χ1) is 11.8. The van der Waals surface area contributed by atoms with Gasteiger partial charge in [-0.2, -0.15) is 4.98 Å². The highest BCUT2D eigenvalue weighted by atomic mass is 35.5. The van der Waals surface area contributed by atoms with Crippen LogP contribution in [0.2, 0.25) is 5.02 Å². The van der Waals surface area contributed by atoms with Crippen molar-refractivity contribution in [2.75, 3.05) is 0 Å². The fourth-order valence-electron chi connectivity index (χ4n) is 2.36. The average molecular weight is 358 g/mol. The molecule has 7 heteroatoms. The van der Waals surface area contributed by atoms with Gasteiger partial charge in [-0.15, -0.1) is 0 Å². The van der Waals surface area contributed by atoms with E-state index in [2.05, 4.69) is 30.9 Å². The largest absolute Gasteiger partial charge is 0.334 e. The van der Waals surface area contributed by atoms with Crippen LogP contribution in [-0.4, -0.2) is 15.1 Å². The molecule has 0 amide bonds. The van der Waals surface area contributed by atoms with Crippen LogP contribution in [0.15, 0.2) is 47.0 Å². The van der Waals surface area contributed by atoms with Crippen molar-refractivity contribution in [1.82, 2.24) is 10.1 Å². The van der Waals surface area contributed by atoms with E-state index >= 15 is 0 Å². The third-order valence-corrected chi connectivity index (χ3v) is 4.16. The van der Waals surface area contributed by atoms with Crippen molar-refractivity contribution in [1.29, 1.82) is 0 Å². The van der Waals surface area contributed by atoms with Crippen LogP contribution in [0.3, 0.4) is 0 Å². The second kappa shape index (κ2) is 6.29. The molecule has 3 aromatic rings. The normalized spacial score (nSPS) is 11.5. The van der Waals surface area contributed by atoms with E-state index in [1.165, 1.54) is 23.8 Å². The lowest BCUT2D eigenvalue weighted by molar-refractivity contribution is -0.384. The Balaban J connectivity index is 1.96. The maximum Gasteiger partial charge on any atom is 0.270 e. The summed E-state index contributed by atoms with van der Waals surface area (Å²) in [5.41, 5.74) is 2.29. The second-order valence-corrected chi connectivity index (χ2v) is 7.08. The highest BCUT2D eigenvalue weighted by molar-refractivity contribution is 6.33. The van der Waals surface area contributed by atoms with Gasteiger partial charge in [0.25, 0.3) is 11.6 Å². The Morgan fingerprint density at radius 3 is 2.40 bits per heavy atom. The number of hydrogen-bond acceptors (Lipinski definition) is 5.